The molecule has 1 N–H and O–H groups in total. The summed E-state index contributed by atoms with van der Waals surface area (Å²) in [6.07, 6.45) is 6.37. The fourth-order valence-corrected chi connectivity index (χ4v) is 3.53. The van der Waals surface area contributed by atoms with E-state index in [4.69, 9.17) is 4.52 Å². The zero-order valence-electron chi connectivity index (χ0n) is 10.5. The van der Waals surface area contributed by atoms with Gasteiger partial charge in [-0.1, -0.05) is 11.6 Å². The molecule has 0 bridgehead atoms. The first-order valence-corrected chi connectivity index (χ1v) is 7.27. The summed E-state index contributed by atoms with van der Waals surface area (Å²) in [5.41, 5.74) is 1.49. The van der Waals surface area contributed by atoms with Gasteiger partial charge in [-0.05, 0) is 44.4 Å². The number of nitrogens with zero attached hydrogens (tertiary/aromatic N) is 2. The van der Waals surface area contributed by atoms with Crippen LogP contribution in [0.15, 0.2) is 10.6 Å². The van der Waals surface area contributed by atoms with Crippen LogP contribution in [0.2, 0.25) is 0 Å². The van der Waals surface area contributed by atoms with E-state index in [1.807, 2.05) is 18.4 Å². The minimum Gasteiger partial charge on any atom is -0.333 e. The summed E-state index contributed by atoms with van der Waals surface area (Å²) >= 11 is 1.82. The molecule has 0 unspecified atom stereocenters. The Hall–Kier alpha value is -1.20. The summed E-state index contributed by atoms with van der Waals surface area (Å²) in [7, 11) is 1.88. The van der Waals surface area contributed by atoms with Gasteiger partial charge in [0, 0.05) is 4.88 Å². The molecule has 0 aliphatic heterocycles. The van der Waals surface area contributed by atoms with Crippen molar-refractivity contribution in [3.8, 4) is 10.8 Å². The summed E-state index contributed by atoms with van der Waals surface area (Å²) in [6.45, 7) is 0.647. The fourth-order valence-electron chi connectivity index (χ4n) is 2.36. The first-order valence-electron chi connectivity index (χ1n) is 6.46. The highest BCUT2D eigenvalue weighted by Crippen LogP contribution is 2.34. The van der Waals surface area contributed by atoms with Crippen molar-refractivity contribution in [1.82, 2.24) is 15.5 Å². The van der Waals surface area contributed by atoms with Crippen LogP contribution in [0.1, 0.15) is 35.5 Å². The second-order valence-corrected chi connectivity index (χ2v) is 5.80. The molecule has 0 spiro atoms. The van der Waals surface area contributed by atoms with Crippen LogP contribution < -0.4 is 5.32 Å². The SMILES string of the molecule is CNCc1noc(-c2cc3c(s2)CCCCC3)n1. The first-order chi connectivity index (χ1) is 8.86. The molecule has 5 heteroatoms. The van der Waals surface area contributed by atoms with Gasteiger partial charge in [0.2, 0.25) is 0 Å². The molecule has 3 rings (SSSR count). The lowest BCUT2D eigenvalue weighted by Gasteiger charge is -1.92. The van der Waals surface area contributed by atoms with Crippen molar-refractivity contribution >= 4 is 11.3 Å². The van der Waals surface area contributed by atoms with Gasteiger partial charge in [0.05, 0.1) is 11.4 Å². The van der Waals surface area contributed by atoms with Gasteiger partial charge in [-0.3, -0.25) is 0 Å². The predicted molar refractivity (Wildman–Crippen MR) is 71.6 cm³/mol. The Labute approximate surface area is 110 Å². The average Bonchev–Trinajstić information content (AvgIpc) is 2.93. The molecule has 0 fully saturated rings. The fraction of sp³-hybridized carbons (Fsp3) is 0.538. The Morgan fingerprint density at radius 2 is 2.22 bits per heavy atom. The largest absolute Gasteiger partial charge is 0.333 e. The molecule has 0 saturated carbocycles. The van der Waals surface area contributed by atoms with E-state index >= 15 is 0 Å². The van der Waals surface area contributed by atoms with E-state index < -0.39 is 0 Å². The van der Waals surface area contributed by atoms with Crippen LogP contribution in [0.5, 0.6) is 0 Å². The number of fused-ring (bicyclic) bond motifs is 1. The normalized spacial score (nSPS) is 15.4. The molecule has 2 heterocycles. The molecule has 4 nitrogen and oxygen atoms in total. The van der Waals surface area contributed by atoms with Crippen LogP contribution in [0.3, 0.4) is 0 Å². The van der Waals surface area contributed by atoms with Crippen molar-refractivity contribution in [2.45, 2.75) is 38.6 Å². The number of thiophene rings is 1. The molecule has 0 saturated heterocycles. The lowest BCUT2D eigenvalue weighted by Crippen LogP contribution is -2.06. The monoisotopic (exact) mass is 263 g/mol. The Balaban J connectivity index is 1.87. The molecule has 1 aliphatic rings. The summed E-state index contributed by atoms with van der Waals surface area (Å²) in [6, 6.07) is 2.24. The molecule has 2 aromatic rings. The van der Waals surface area contributed by atoms with Crippen molar-refractivity contribution in [2.75, 3.05) is 7.05 Å². The van der Waals surface area contributed by atoms with Gasteiger partial charge in [-0.25, -0.2) is 0 Å². The number of aryl methyl sites for hydroxylation is 2. The molecule has 2 aromatic heterocycles. The number of aromatic nitrogens is 2. The van der Waals surface area contributed by atoms with E-state index in [0.29, 0.717) is 12.4 Å². The highest BCUT2D eigenvalue weighted by atomic mass is 32.1. The minimum atomic E-state index is 0.647. The van der Waals surface area contributed by atoms with Crippen LogP contribution in [0.4, 0.5) is 0 Å². The molecular formula is C13H17N3OS. The highest BCUT2D eigenvalue weighted by molar-refractivity contribution is 7.15. The second-order valence-electron chi connectivity index (χ2n) is 4.67. The molecule has 96 valence electrons. The predicted octanol–water partition coefficient (Wildman–Crippen LogP) is 2.79. The van der Waals surface area contributed by atoms with Crippen molar-refractivity contribution in [1.29, 1.82) is 0 Å². The average molecular weight is 263 g/mol. The van der Waals surface area contributed by atoms with Crippen LogP contribution in [-0.4, -0.2) is 17.2 Å². The van der Waals surface area contributed by atoms with Gasteiger partial charge >= 0.3 is 0 Å². The lowest BCUT2D eigenvalue weighted by molar-refractivity contribution is 0.421. The van der Waals surface area contributed by atoms with Crippen molar-refractivity contribution in [2.24, 2.45) is 0 Å². The highest BCUT2D eigenvalue weighted by Gasteiger charge is 2.16. The molecule has 0 radical (unpaired) electrons. The third-order valence-electron chi connectivity index (χ3n) is 3.26. The maximum absolute atomic E-state index is 5.32. The molecule has 1 aliphatic carbocycles. The van der Waals surface area contributed by atoms with Crippen LogP contribution >= 0.6 is 11.3 Å². The van der Waals surface area contributed by atoms with E-state index in [1.54, 1.807) is 0 Å². The topological polar surface area (TPSA) is 51.0 Å². The van der Waals surface area contributed by atoms with E-state index in [2.05, 4.69) is 21.5 Å². The molecule has 18 heavy (non-hydrogen) atoms. The molecule has 0 aromatic carbocycles. The smallest absolute Gasteiger partial charge is 0.268 e. The van der Waals surface area contributed by atoms with Crippen LogP contribution in [0.25, 0.3) is 10.8 Å². The Bertz CT molecular complexity index is 509. The van der Waals surface area contributed by atoms with Crippen molar-refractivity contribution < 1.29 is 4.52 Å². The Morgan fingerprint density at radius 1 is 1.33 bits per heavy atom. The van der Waals surface area contributed by atoms with E-state index in [0.717, 1.165) is 10.7 Å². The summed E-state index contributed by atoms with van der Waals surface area (Å²) in [5.74, 6) is 1.38. The number of nitrogens with one attached hydrogen (secondary N) is 1. The molecular weight excluding hydrogens is 246 g/mol. The van der Waals surface area contributed by atoms with Gasteiger partial charge in [-0.2, -0.15) is 4.98 Å². The molecule has 0 atom stereocenters. The van der Waals surface area contributed by atoms with Crippen molar-refractivity contribution in [3.05, 3.63) is 22.3 Å². The van der Waals surface area contributed by atoms with Gasteiger partial charge in [-0.15, -0.1) is 11.3 Å². The Morgan fingerprint density at radius 3 is 3.11 bits per heavy atom. The number of rotatable bonds is 3. The van der Waals surface area contributed by atoms with Crippen LogP contribution in [0, 0.1) is 0 Å². The summed E-state index contributed by atoms with van der Waals surface area (Å²) in [5, 5.41) is 6.99. The number of hydrogen-bond acceptors (Lipinski definition) is 5. The van der Waals surface area contributed by atoms with Crippen LogP contribution in [-0.2, 0) is 19.4 Å². The van der Waals surface area contributed by atoms with Gasteiger partial charge in [0.25, 0.3) is 5.89 Å². The first kappa shape index (κ1) is 11.9. The van der Waals surface area contributed by atoms with Crippen molar-refractivity contribution in [3.63, 3.8) is 0 Å². The third-order valence-corrected chi connectivity index (χ3v) is 4.49. The summed E-state index contributed by atoms with van der Waals surface area (Å²) < 4.78 is 5.32. The number of hydrogen-bond donors (Lipinski definition) is 1. The summed E-state index contributed by atoms with van der Waals surface area (Å²) in [4.78, 5) is 7.04. The molecule has 0 amide bonds. The van der Waals surface area contributed by atoms with Gasteiger partial charge in [0.1, 0.15) is 0 Å². The maximum Gasteiger partial charge on any atom is 0.268 e. The lowest BCUT2D eigenvalue weighted by atomic mass is 10.1. The van der Waals surface area contributed by atoms with Gasteiger partial charge < -0.3 is 9.84 Å². The zero-order chi connectivity index (χ0) is 12.4. The quantitative estimate of drug-likeness (QED) is 0.865. The Kier molecular flexibility index (Phi) is 3.43. The third kappa shape index (κ3) is 2.33. The standard InChI is InChI=1S/C13H17N3OS/c1-14-8-12-15-13(17-16-12)11-7-9-5-3-2-4-6-10(9)18-11/h7,14H,2-6,8H2,1H3. The van der Waals surface area contributed by atoms with E-state index in [1.165, 1.54) is 42.5 Å². The van der Waals surface area contributed by atoms with E-state index in [-0.39, 0.29) is 0 Å². The maximum atomic E-state index is 5.32. The second kappa shape index (κ2) is 5.20. The van der Waals surface area contributed by atoms with Gasteiger partial charge in [0.15, 0.2) is 5.82 Å². The minimum absolute atomic E-state index is 0.647. The van der Waals surface area contributed by atoms with E-state index in [9.17, 15) is 0 Å². The zero-order valence-corrected chi connectivity index (χ0v) is 11.3.